The number of aryl methyl sites for hydroxylation is 1. The lowest BCUT2D eigenvalue weighted by atomic mass is 10.2. The van der Waals surface area contributed by atoms with Crippen LogP contribution in [0.3, 0.4) is 0 Å². The summed E-state index contributed by atoms with van der Waals surface area (Å²) in [5, 5.41) is 0.927. The smallest absolute Gasteiger partial charge is 0.419 e. The molecule has 4 nitrogen and oxygen atoms in total. The van der Waals surface area contributed by atoms with Crippen LogP contribution in [0.5, 0.6) is 0 Å². The molecule has 1 aromatic carbocycles. The molecule has 0 aliphatic rings. The van der Waals surface area contributed by atoms with Crippen LogP contribution in [-0.4, -0.2) is 16.3 Å². The maximum Gasteiger partial charge on any atom is 0.419 e. The predicted molar refractivity (Wildman–Crippen MR) is 74.6 cm³/mol. The molecular weight excluding hydrogens is 240 g/mol. The van der Waals surface area contributed by atoms with Crippen molar-refractivity contribution >= 4 is 22.7 Å². The number of hydrogen-bond acceptors (Lipinski definition) is 2. The van der Waals surface area contributed by atoms with Gasteiger partial charge in [0.1, 0.15) is 5.60 Å². The summed E-state index contributed by atoms with van der Waals surface area (Å²) in [4.78, 5) is 15.6. The minimum absolute atomic E-state index is 0.415. The first kappa shape index (κ1) is 13.2. The van der Waals surface area contributed by atoms with Gasteiger partial charge >= 0.3 is 6.09 Å². The summed E-state index contributed by atoms with van der Waals surface area (Å²) in [6.07, 6.45) is -0.415. The molecule has 2 aromatic rings. The highest BCUT2D eigenvalue weighted by molar-refractivity contribution is 5.92. The summed E-state index contributed by atoms with van der Waals surface area (Å²) in [5.41, 5.74) is 1.47. The monoisotopic (exact) mass is 256 g/mol. The van der Waals surface area contributed by atoms with E-state index in [0.717, 1.165) is 11.1 Å². The van der Waals surface area contributed by atoms with E-state index in [2.05, 4.69) is 4.85 Å². The van der Waals surface area contributed by atoms with Gasteiger partial charge in [0.2, 0.25) is 0 Å². The number of benzene rings is 1. The van der Waals surface area contributed by atoms with Crippen molar-refractivity contribution in [1.29, 1.82) is 0 Å². The van der Waals surface area contributed by atoms with Crippen LogP contribution in [-0.2, 0) is 4.74 Å². The molecular formula is C15H16N2O2. The van der Waals surface area contributed by atoms with Gasteiger partial charge in [0.15, 0.2) is 5.69 Å². The maximum atomic E-state index is 12.2. The molecule has 0 amide bonds. The topological polar surface area (TPSA) is 35.6 Å². The highest BCUT2D eigenvalue weighted by atomic mass is 16.6. The fourth-order valence-corrected chi connectivity index (χ4v) is 1.95. The normalized spacial score (nSPS) is 11.3. The van der Waals surface area contributed by atoms with Crippen molar-refractivity contribution in [1.82, 2.24) is 4.57 Å². The number of aromatic nitrogens is 1. The molecule has 0 unspecified atom stereocenters. The SMILES string of the molecule is [C-]#[N+]c1ccc2cc(C)n(C(=O)OC(C)(C)C)c2c1. The van der Waals surface area contributed by atoms with E-state index >= 15 is 0 Å². The van der Waals surface area contributed by atoms with Gasteiger partial charge in [-0.05, 0) is 45.2 Å². The number of carbonyl (C=O) groups is 1. The molecule has 4 heteroatoms. The number of carbonyl (C=O) groups excluding carboxylic acids is 1. The van der Waals surface area contributed by atoms with Gasteiger partial charge in [0, 0.05) is 11.2 Å². The van der Waals surface area contributed by atoms with E-state index < -0.39 is 11.7 Å². The Bertz CT molecular complexity index is 684. The summed E-state index contributed by atoms with van der Waals surface area (Å²) in [5.74, 6) is 0. The van der Waals surface area contributed by atoms with Crippen molar-refractivity contribution < 1.29 is 9.53 Å². The molecule has 0 saturated heterocycles. The summed E-state index contributed by atoms with van der Waals surface area (Å²) < 4.78 is 6.90. The van der Waals surface area contributed by atoms with E-state index in [9.17, 15) is 4.79 Å². The third kappa shape index (κ3) is 2.60. The van der Waals surface area contributed by atoms with Crippen LogP contribution in [0.15, 0.2) is 24.3 Å². The lowest BCUT2D eigenvalue weighted by Gasteiger charge is -2.20. The van der Waals surface area contributed by atoms with E-state index in [1.165, 1.54) is 4.57 Å². The van der Waals surface area contributed by atoms with Gasteiger partial charge < -0.3 is 4.74 Å². The van der Waals surface area contributed by atoms with Crippen LogP contribution in [0, 0.1) is 13.5 Å². The van der Waals surface area contributed by atoms with Gasteiger partial charge in [-0.3, -0.25) is 4.57 Å². The third-order valence-electron chi connectivity index (χ3n) is 2.68. The molecule has 19 heavy (non-hydrogen) atoms. The van der Waals surface area contributed by atoms with Crippen molar-refractivity contribution in [3.05, 3.63) is 41.4 Å². The maximum absolute atomic E-state index is 12.2. The van der Waals surface area contributed by atoms with Crippen molar-refractivity contribution in [3.8, 4) is 0 Å². The second kappa shape index (κ2) is 4.43. The number of hydrogen-bond donors (Lipinski definition) is 0. The molecule has 2 rings (SSSR count). The van der Waals surface area contributed by atoms with Crippen molar-refractivity contribution in [2.75, 3.05) is 0 Å². The first-order valence-electron chi connectivity index (χ1n) is 6.05. The Morgan fingerprint density at radius 1 is 1.32 bits per heavy atom. The minimum atomic E-state index is -0.544. The molecule has 0 atom stereocenters. The zero-order valence-electron chi connectivity index (χ0n) is 11.5. The van der Waals surface area contributed by atoms with E-state index in [1.54, 1.807) is 12.1 Å². The summed E-state index contributed by atoms with van der Waals surface area (Å²) in [6, 6.07) is 7.21. The summed E-state index contributed by atoms with van der Waals surface area (Å²) in [6.45, 7) is 14.4. The van der Waals surface area contributed by atoms with Crippen LogP contribution in [0.25, 0.3) is 15.7 Å². The Morgan fingerprint density at radius 3 is 2.58 bits per heavy atom. The quantitative estimate of drug-likeness (QED) is 0.659. The molecule has 1 aromatic heterocycles. The van der Waals surface area contributed by atoms with Gasteiger partial charge in [-0.25, -0.2) is 9.64 Å². The molecule has 0 fully saturated rings. The Kier molecular flexibility index (Phi) is 3.07. The fraction of sp³-hybridized carbons (Fsp3) is 0.333. The van der Waals surface area contributed by atoms with Crippen LogP contribution in [0.2, 0.25) is 0 Å². The van der Waals surface area contributed by atoms with Gasteiger partial charge in [0.25, 0.3) is 0 Å². The highest BCUT2D eigenvalue weighted by Gasteiger charge is 2.20. The molecule has 0 spiro atoms. The van der Waals surface area contributed by atoms with Crippen molar-refractivity contribution in [2.45, 2.75) is 33.3 Å². The second-order valence-corrected chi connectivity index (χ2v) is 5.46. The lowest BCUT2D eigenvalue weighted by molar-refractivity contribution is 0.0542. The minimum Gasteiger partial charge on any atom is -0.443 e. The third-order valence-corrected chi connectivity index (χ3v) is 2.68. The number of nitrogens with zero attached hydrogens (tertiary/aromatic N) is 2. The number of ether oxygens (including phenoxy) is 1. The van der Waals surface area contributed by atoms with Gasteiger partial charge in [-0.1, -0.05) is 12.1 Å². The molecule has 0 bridgehead atoms. The summed E-state index contributed by atoms with van der Waals surface area (Å²) in [7, 11) is 0. The molecule has 98 valence electrons. The van der Waals surface area contributed by atoms with Gasteiger partial charge in [-0.2, -0.15) is 0 Å². The van der Waals surface area contributed by atoms with E-state index in [-0.39, 0.29) is 0 Å². The Labute approximate surface area is 112 Å². The molecule has 0 N–H and O–H groups in total. The zero-order chi connectivity index (χ0) is 14.2. The number of rotatable bonds is 0. The van der Waals surface area contributed by atoms with Crippen LogP contribution < -0.4 is 0 Å². The van der Waals surface area contributed by atoms with Crippen LogP contribution in [0.4, 0.5) is 10.5 Å². The standard InChI is InChI=1S/C15H16N2O2/c1-10-8-11-6-7-12(16-5)9-13(11)17(10)14(18)19-15(2,3)4/h6-9H,1-4H3. The fourth-order valence-electron chi connectivity index (χ4n) is 1.95. The van der Waals surface area contributed by atoms with E-state index in [0.29, 0.717) is 11.2 Å². The highest BCUT2D eigenvalue weighted by Crippen LogP contribution is 2.25. The zero-order valence-corrected chi connectivity index (χ0v) is 11.5. The lowest BCUT2D eigenvalue weighted by Crippen LogP contribution is -2.27. The van der Waals surface area contributed by atoms with E-state index in [1.807, 2.05) is 39.8 Å². The average Bonchev–Trinajstić information content (AvgIpc) is 2.61. The van der Waals surface area contributed by atoms with Gasteiger partial charge in [-0.15, -0.1) is 0 Å². The largest absolute Gasteiger partial charge is 0.443 e. The second-order valence-electron chi connectivity index (χ2n) is 5.46. The number of fused-ring (bicyclic) bond motifs is 1. The molecule has 1 heterocycles. The first-order valence-corrected chi connectivity index (χ1v) is 6.05. The molecule has 0 aliphatic heterocycles. The van der Waals surface area contributed by atoms with Crippen LogP contribution in [0.1, 0.15) is 26.5 Å². The van der Waals surface area contributed by atoms with Crippen LogP contribution >= 0.6 is 0 Å². The van der Waals surface area contributed by atoms with Crippen molar-refractivity contribution in [2.24, 2.45) is 0 Å². The predicted octanol–water partition coefficient (Wildman–Crippen LogP) is 4.28. The Hall–Kier alpha value is -2.28. The average molecular weight is 256 g/mol. The molecule has 0 saturated carbocycles. The van der Waals surface area contributed by atoms with Crippen molar-refractivity contribution in [3.63, 3.8) is 0 Å². The van der Waals surface area contributed by atoms with E-state index in [4.69, 9.17) is 11.3 Å². The van der Waals surface area contributed by atoms with Gasteiger partial charge in [0.05, 0.1) is 6.57 Å². The molecule has 0 aliphatic carbocycles. The Morgan fingerprint density at radius 2 is 2.00 bits per heavy atom. The molecule has 0 radical (unpaired) electrons. The summed E-state index contributed by atoms with van der Waals surface area (Å²) >= 11 is 0. The first-order chi connectivity index (χ1) is 8.81. The Balaban J connectivity index is 2.56.